The van der Waals surface area contributed by atoms with E-state index in [1.807, 2.05) is 0 Å². The summed E-state index contributed by atoms with van der Waals surface area (Å²) in [6, 6.07) is 5.03. The third-order valence-electron chi connectivity index (χ3n) is 4.07. The molecule has 1 fully saturated rings. The summed E-state index contributed by atoms with van der Waals surface area (Å²) in [5, 5.41) is 3.53. The zero-order chi connectivity index (χ0) is 14.6. The van der Waals surface area contributed by atoms with Gasteiger partial charge in [0.05, 0.1) is 10.0 Å². The molecule has 1 aromatic rings. The number of nitrogens with one attached hydrogen (secondary N) is 1. The molecule has 112 valence electrons. The summed E-state index contributed by atoms with van der Waals surface area (Å²) in [4.78, 5) is 2.48. The number of piperidine rings is 1. The molecule has 1 saturated heterocycles. The van der Waals surface area contributed by atoms with Crippen LogP contribution in [-0.4, -0.2) is 36.6 Å². The summed E-state index contributed by atoms with van der Waals surface area (Å²) in [6.45, 7) is 6.10. The number of hydrogen-bond donors (Lipinski definition) is 2. The molecule has 0 amide bonds. The molecule has 3 N–H and O–H groups in total. The number of nitrogens with zero attached hydrogens (tertiary/aromatic N) is 1. The molecule has 0 aliphatic carbocycles. The monoisotopic (exact) mass is 343 g/mol. The van der Waals surface area contributed by atoms with E-state index >= 15 is 0 Å². The molecule has 0 saturated carbocycles. The summed E-state index contributed by atoms with van der Waals surface area (Å²) in [7, 11) is 0. The summed E-state index contributed by atoms with van der Waals surface area (Å²) in [6.07, 6.45) is 3.24. The number of anilines is 1. The first kappa shape index (κ1) is 15.7. The molecule has 0 radical (unpaired) electrons. The zero-order valence-electron chi connectivity index (χ0n) is 12.0. The maximum absolute atomic E-state index is 13.3. The minimum atomic E-state index is -0.241. The summed E-state index contributed by atoms with van der Waals surface area (Å²) >= 11 is 3.23. The van der Waals surface area contributed by atoms with Gasteiger partial charge in [-0.3, -0.25) is 0 Å². The molecule has 0 bridgehead atoms. The fourth-order valence-electron chi connectivity index (χ4n) is 2.78. The molecular weight excluding hydrogens is 321 g/mol. The lowest BCUT2D eigenvalue weighted by Crippen LogP contribution is -2.53. The average molecular weight is 344 g/mol. The predicted octanol–water partition coefficient (Wildman–Crippen LogP) is 3.20. The fraction of sp³-hybridized carbons (Fsp3) is 0.600. The SMILES string of the molecule is CCCN1CCC(CN)(Nc2ccc(F)c(Br)c2)CC1. The van der Waals surface area contributed by atoms with E-state index in [0.29, 0.717) is 11.0 Å². The molecule has 0 unspecified atom stereocenters. The van der Waals surface area contributed by atoms with Gasteiger partial charge in [-0.25, -0.2) is 4.39 Å². The summed E-state index contributed by atoms with van der Waals surface area (Å²) < 4.78 is 13.8. The molecule has 5 heteroatoms. The van der Waals surface area contributed by atoms with Crippen molar-refractivity contribution in [3.05, 3.63) is 28.5 Å². The number of rotatable bonds is 5. The largest absolute Gasteiger partial charge is 0.378 e. The Bertz CT molecular complexity index is 445. The van der Waals surface area contributed by atoms with Gasteiger partial charge in [0, 0.05) is 25.3 Å². The van der Waals surface area contributed by atoms with Crippen LogP contribution in [-0.2, 0) is 0 Å². The second-order valence-corrected chi connectivity index (χ2v) is 6.43. The zero-order valence-corrected chi connectivity index (χ0v) is 13.5. The smallest absolute Gasteiger partial charge is 0.137 e. The Morgan fingerprint density at radius 1 is 1.40 bits per heavy atom. The molecule has 0 atom stereocenters. The number of likely N-dealkylation sites (tertiary alicyclic amines) is 1. The van der Waals surface area contributed by atoms with Crippen LogP contribution in [0.2, 0.25) is 0 Å². The van der Waals surface area contributed by atoms with Crippen LogP contribution in [0.4, 0.5) is 10.1 Å². The first-order valence-corrected chi connectivity index (χ1v) is 8.03. The highest BCUT2D eigenvalue weighted by atomic mass is 79.9. The van der Waals surface area contributed by atoms with Gasteiger partial charge < -0.3 is 16.0 Å². The van der Waals surface area contributed by atoms with Crippen molar-refractivity contribution in [3.63, 3.8) is 0 Å². The van der Waals surface area contributed by atoms with E-state index in [9.17, 15) is 4.39 Å². The third-order valence-corrected chi connectivity index (χ3v) is 4.68. The molecule has 0 aromatic heterocycles. The maximum atomic E-state index is 13.3. The quantitative estimate of drug-likeness (QED) is 0.862. The Hall–Kier alpha value is -0.650. The minimum absolute atomic E-state index is 0.0679. The van der Waals surface area contributed by atoms with Gasteiger partial charge in [0.25, 0.3) is 0 Å². The molecule has 20 heavy (non-hydrogen) atoms. The van der Waals surface area contributed by atoms with Crippen LogP contribution in [0.15, 0.2) is 22.7 Å². The van der Waals surface area contributed by atoms with E-state index in [1.165, 1.54) is 12.5 Å². The Morgan fingerprint density at radius 3 is 2.65 bits per heavy atom. The first-order chi connectivity index (χ1) is 9.58. The van der Waals surface area contributed by atoms with E-state index in [4.69, 9.17) is 5.73 Å². The van der Waals surface area contributed by atoms with Crippen molar-refractivity contribution in [2.24, 2.45) is 5.73 Å². The lowest BCUT2D eigenvalue weighted by molar-refractivity contribution is 0.177. The van der Waals surface area contributed by atoms with Crippen molar-refractivity contribution in [1.29, 1.82) is 0 Å². The Labute approximate surface area is 128 Å². The van der Waals surface area contributed by atoms with E-state index in [2.05, 4.69) is 33.1 Å². The van der Waals surface area contributed by atoms with Crippen LogP contribution in [0.5, 0.6) is 0 Å². The first-order valence-electron chi connectivity index (χ1n) is 7.24. The molecule has 3 nitrogen and oxygen atoms in total. The normalized spacial score (nSPS) is 19.0. The van der Waals surface area contributed by atoms with Gasteiger partial charge in [-0.2, -0.15) is 0 Å². The molecule has 1 aliphatic rings. The van der Waals surface area contributed by atoms with Crippen molar-refractivity contribution >= 4 is 21.6 Å². The van der Waals surface area contributed by atoms with E-state index in [-0.39, 0.29) is 11.4 Å². The molecule has 0 spiro atoms. The number of hydrogen-bond acceptors (Lipinski definition) is 3. The Balaban J connectivity index is 2.03. The van der Waals surface area contributed by atoms with Crippen LogP contribution in [0.25, 0.3) is 0 Å². The average Bonchev–Trinajstić information content (AvgIpc) is 2.46. The highest BCUT2D eigenvalue weighted by Gasteiger charge is 2.33. The van der Waals surface area contributed by atoms with Crippen molar-refractivity contribution < 1.29 is 4.39 Å². The number of nitrogens with two attached hydrogens (primary N) is 1. The van der Waals surface area contributed by atoms with Gasteiger partial charge in [-0.15, -0.1) is 0 Å². The number of halogens is 2. The van der Waals surface area contributed by atoms with Gasteiger partial charge in [-0.05, 0) is 59.9 Å². The van der Waals surface area contributed by atoms with Gasteiger partial charge in [0.1, 0.15) is 5.82 Å². The Morgan fingerprint density at radius 2 is 2.10 bits per heavy atom. The van der Waals surface area contributed by atoms with Gasteiger partial charge in [0.15, 0.2) is 0 Å². The maximum Gasteiger partial charge on any atom is 0.137 e. The Kier molecular flexibility index (Phi) is 5.41. The van der Waals surface area contributed by atoms with Crippen molar-refractivity contribution in [2.75, 3.05) is 31.5 Å². The second-order valence-electron chi connectivity index (χ2n) is 5.58. The minimum Gasteiger partial charge on any atom is -0.378 e. The molecule has 1 aromatic carbocycles. The highest BCUT2D eigenvalue weighted by molar-refractivity contribution is 9.10. The predicted molar refractivity (Wildman–Crippen MR) is 85.5 cm³/mol. The lowest BCUT2D eigenvalue weighted by atomic mass is 9.87. The van der Waals surface area contributed by atoms with Crippen LogP contribution >= 0.6 is 15.9 Å². The van der Waals surface area contributed by atoms with Crippen molar-refractivity contribution in [1.82, 2.24) is 4.90 Å². The lowest BCUT2D eigenvalue weighted by Gasteiger charge is -2.42. The summed E-state index contributed by atoms with van der Waals surface area (Å²) in [5.74, 6) is -0.241. The molecule has 1 heterocycles. The highest BCUT2D eigenvalue weighted by Crippen LogP contribution is 2.28. The fourth-order valence-corrected chi connectivity index (χ4v) is 3.16. The van der Waals surface area contributed by atoms with Gasteiger partial charge in [0.2, 0.25) is 0 Å². The molecule has 1 aliphatic heterocycles. The van der Waals surface area contributed by atoms with Crippen molar-refractivity contribution in [2.45, 2.75) is 31.7 Å². The van der Waals surface area contributed by atoms with Crippen LogP contribution in [0.3, 0.4) is 0 Å². The van der Waals surface area contributed by atoms with Gasteiger partial charge >= 0.3 is 0 Å². The van der Waals surface area contributed by atoms with Crippen LogP contribution in [0.1, 0.15) is 26.2 Å². The second kappa shape index (κ2) is 6.87. The molecule has 2 rings (SSSR count). The van der Waals surface area contributed by atoms with Gasteiger partial charge in [-0.1, -0.05) is 6.92 Å². The molecular formula is C15H23BrFN3. The van der Waals surface area contributed by atoms with Crippen LogP contribution < -0.4 is 11.1 Å². The number of benzene rings is 1. The topological polar surface area (TPSA) is 41.3 Å². The van der Waals surface area contributed by atoms with E-state index < -0.39 is 0 Å². The van der Waals surface area contributed by atoms with E-state index in [1.54, 1.807) is 12.1 Å². The van der Waals surface area contributed by atoms with Crippen molar-refractivity contribution in [3.8, 4) is 0 Å². The summed E-state index contributed by atoms with van der Waals surface area (Å²) in [5.41, 5.74) is 6.86. The third kappa shape index (κ3) is 3.71. The van der Waals surface area contributed by atoms with Crippen LogP contribution in [0, 0.1) is 5.82 Å². The standard InChI is InChI=1S/C15H23BrFN3/c1-2-7-20-8-5-15(11-18,6-9-20)19-12-3-4-14(17)13(16)10-12/h3-4,10,19H,2,5-9,11,18H2,1H3. The van der Waals surface area contributed by atoms with E-state index in [0.717, 1.165) is 38.2 Å².